The third-order valence-electron chi connectivity index (χ3n) is 5.90. The molecule has 5 rings (SSSR count). The van der Waals surface area contributed by atoms with E-state index in [1.54, 1.807) is 19.2 Å². The van der Waals surface area contributed by atoms with Gasteiger partial charge in [0.1, 0.15) is 17.6 Å². The molecule has 3 heterocycles. The van der Waals surface area contributed by atoms with Crippen molar-refractivity contribution >= 4 is 33.2 Å². The van der Waals surface area contributed by atoms with Gasteiger partial charge in [0, 0.05) is 35.6 Å². The van der Waals surface area contributed by atoms with Gasteiger partial charge in [0.15, 0.2) is 11.5 Å². The molecule has 0 aliphatic carbocycles. The van der Waals surface area contributed by atoms with E-state index in [2.05, 4.69) is 9.88 Å². The van der Waals surface area contributed by atoms with Crippen molar-refractivity contribution in [1.29, 1.82) is 0 Å². The Morgan fingerprint density at radius 2 is 2.00 bits per heavy atom. The van der Waals surface area contributed by atoms with Crippen LogP contribution in [0.25, 0.3) is 26.3 Å². The van der Waals surface area contributed by atoms with Crippen molar-refractivity contribution in [2.45, 2.75) is 12.5 Å². The summed E-state index contributed by atoms with van der Waals surface area (Å²) < 4.78 is 13.5. The molecule has 1 N–H and O–H groups in total. The molecule has 9 heteroatoms. The van der Waals surface area contributed by atoms with Gasteiger partial charge in [0.05, 0.1) is 24.4 Å². The Kier molecular flexibility index (Phi) is 6.56. The fourth-order valence-corrected chi connectivity index (χ4v) is 5.25. The molecule has 0 unspecified atom stereocenters. The molecule has 2 aromatic carbocycles. The highest BCUT2D eigenvalue weighted by molar-refractivity contribution is 7.22. The minimum Gasteiger partial charge on any atom is -0.493 e. The number of likely N-dealkylation sites (tertiary alicyclic amines) is 1. The quantitative estimate of drug-likeness (QED) is 0.412. The van der Waals surface area contributed by atoms with E-state index in [1.807, 2.05) is 36.4 Å². The number of nitrogens with zero attached hydrogens (tertiary/aromatic N) is 3. The molecule has 1 fully saturated rings. The molecule has 1 aliphatic heterocycles. The highest BCUT2D eigenvalue weighted by Crippen LogP contribution is 2.33. The molecule has 176 valence electrons. The van der Waals surface area contributed by atoms with E-state index in [0.717, 1.165) is 30.0 Å². The average molecular weight is 498 g/mol. The van der Waals surface area contributed by atoms with Crippen LogP contribution in [0.1, 0.15) is 6.42 Å². The van der Waals surface area contributed by atoms with Crippen molar-refractivity contribution in [3.63, 3.8) is 0 Å². The number of ether oxygens (including phenoxy) is 2. The van der Waals surface area contributed by atoms with Gasteiger partial charge in [-0.2, -0.15) is 0 Å². The van der Waals surface area contributed by atoms with Crippen LogP contribution in [0.4, 0.5) is 0 Å². The molecule has 0 spiro atoms. The second-order valence-corrected chi connectivity index (χ2v) is 9.67. The van der Waals surface area contributed by atoms with Crippen LogP contribution in [0, 0.1) is 0 Å². The summed E-state index contributed by atoms with van der Waals surface area (Å²) in [6.45, 7) is 2.77. The minimum atomic E-state index is -0.247. The molecule has 34 heavy (non-hydrogen) atoms. The summed E-state index contributed by atoms with van der Waals surface area (Å²) in [7, 11) is 1.57. The molecule has 2 aromatic heterocycles. The van der Waals surface area contributed by atoms with E-state index in [9.17, 15) is 9.90 Å². The normalized spacial score (nSPS) is 16.3. The van der Waals surface area contributed by atoms with Crippen molar-refractivity contribution in [2.75, 3.05) is 33.4 Å². The van der Waals surface area contributed by atoms with E-state index in [-0.39, 0.29) is 11.7 Å². The lowest BCUT2D eigenvalue weighted by Crippen LogP contribution is -2.27. The van der Waals surface area contributed by atoms with E-state index in [0.29, 0.717) is 45.6 Å². The number of rotatable bonds is 7. The van der Waals surface area contributed by atoms with Crippen LogP contribution in [0.3, 0.4) is 0 Å². The van der Waals surface area contributed by atoms with Gasteiger partial charge < -0.3 is 14.6 Å². The molecule has 0 saturated carbocycles. The van der Waals surface area contributed by atoms with Crippen molar-refractivity contribution in [3.8, 4) is 27.6 Å². The Bertz CT molecular complexity index is 1370. The highest BCUT2D eigenvalue weighted by Gasteiger charge is 2.20. The average Bonchev–Trinajstić information content (AvgIpc) is 3.47. The van der Waals surface area contributed by atoms with E-state index < -0.39 is 0 Å². The zero-order chi connectivity index (χ0) is 23.7. The van der Waals surface area contributed by atoms with Crippen LogP contribution < -0.4 is 15.0 Å². The molecule has 4 aromatic rings. The molecule has 0 radical (unpaired) electrons. The molecular formula is C25H24ClN3O4S. The minimum absolute atomic E-state index is 0.140. The summed E-state index contributed by atoms with van der Waals surface area (Å²) in [5.74, 6) is 1.15. The fourth-order valence-electron chi connectivity index (χ4n) is 4.08. The first-order valence-electron chi connectivity index (χ1n) is 11.0. The van der Waals surface area contributed by atoms with Gasteiger partial charge in [0.2, 0.25) is 0 Å². The van der Waals surface area contributed by atoms with Crippen molar-refractivity contribution in [2.24, 2.45) is 0 Å². The van der Waals surface area contributed by atoms with Gasteiger partial charge in [0.25, 0.3) is 5.56 Å². The van der Waals surface area contributed by atoms with Crippen molar-refractivity contribution < 1.29 is 14.6 Å². The number of aliphatic hydroxyl groups excluding tert-OH is 1. The lowest BCUT2D eigenvalue weighted by atomic mass is 10.2. The Hall–Kier alpha value is -2.91. The first kappa shape index (κ1) is 22.9. The lowest BCUT2D eigenvalue weighted by Gasteiger charge is -2.17. The Morgan fingerprint density at radius 3 is 2.74 bits per heavy atom. The second kappa shape index (κ2) is 9.76. The summed E-state index contributed by atoms with van der Waals surface area (Å²) in [4.78, 5) is 20.9. The Balaban J connectivity index is 1.38. The van der Waals surface area contributed by atoms with E-state index in [1.165, 1.54) is 22.2 Å². The number of thiophene rings is 1. The standard InChI is InChI=1S/C25H24ClN3O4S/c1-32-22-12-18(6-7-21(22)33-11-10-28-9-8-19(30)14-28)29-15-27-20-13-23(34-24(20)25(29)31)16-2-4-17(26)5-3-16/h2-7,12-13,15,19,30H,8-11,14H2,1H3/t19-/m0/s1. The molecule has 7 nitrogen and oxygen atoms in total. The maximum atomic E-state index is 13.3. The smallest absolute Gasteiger partial charge is 0.275 e. The summed E-state index contributed by atoms with van der Waals surface area (Å²) >= 11 is 7.41. The second-order valence-electron chi connectivity index (χ2n) is 8.18. The Morgan fingerprint density at radius 1 is 1.18 bits per heavy atom. The SMILES string of the molecule is COc1cc(-n2cnc3cc(-c4ccc(Cl)cc4)sc3c2=O)ccc1OCCN1CC[C@H](O)C1. The molecule has 0 amide bonds. The van der Waals surface area contributed by atoms with Gasteiger partial charge in [-0.05, 0) is 42.3 Å². The predicted octanol–water partition coefficient (Wildman–Crippen LogP) is 4.22. The number of aliphatic hydroxyl groups is 1. The van der Waals surface area contributed by atoms with Gasteiger partial charge in [-0.25, -0.2) is 4.98 Å². The fraction of sp³-hybridized carbons (Fsp3) is 0.280. The summed E-state index contributed by atoms with van der Waals surface area (Å²) in [5.41, 5.74) is 2.16. The van der Waals surface area contributed by atoms with Gasteiger partial charge in [-0.1, -0.05) is 23.7 Å². The largest absolute Gasteiger partial charge is 0.493 e. The number of fused-ring (bicyclic) bond motifs is 1. The Labute approximate surface area is 205 Å². The number of benzene rings is 2. The third kappa shape index (κ3) is 4.67. The first-order valence-corrected chi connectivity index (χ1v) is 12.2. The van der Waals surface area contributed by atoms with Crippen LogP contribution in [-0.4, -0.2) is 59.0 Å². The monoisotopic (exact) mass is 497 g/mol. The molecular weight excluding hydrogens is 474 g/mol. The highest BCUT2D eigenvalue weighted by atomic mass is 35.5. The van der Waals surface area contributed by atoms with E-state index in [4.69, 9.17) is 21.1 Å². The summed E-state index contributed by atoms with van der Waals surface area (Å²) in [6.07, 6.45) is 2.09. The van der Waals surface area contributed by atoms with Crippen LogP contribution in [0.2, 0.25) is 5.02 Å². The zero-order valence-electron chi connectivity index (χ0n) is 18.6. The number of hydrogen-bond acceptors (Lipinski definition) is 7. The summed E-state index contributed by atoms with van der Waals surface area (Å²) in [6, 6.07) is 14.8. The number of halogens is 1. The lowest BCUT2D eigenvalue weighted by molar-refractivity contribution is 0.166. The topological polar surface area (TPSA) is 76.8 Å². The van der Waals surface area contributed by atoms with Gasteiger partial charge in [-0.15, -0.1) is 11.3 Å². The molecule has 1 saturated heterocycles. The van der Waals surface area contributed by atoms with E-state index >= 15 is 0 Å². The van der Waals surface area contributed by atoms with Gasteiger partial charge in [-0.3, -0.25) is 14.3 Å². The van der Waals surface area contributed by atoms with Crippen LogP contribution in [0.5, 0.6) is 11.5 Å². The van der Waals surface area contributed by atoms with Crippen LogP contribution in [0.15, 0.2) is 59.7 Å². The number of methoxy groups -OCH3 is 1. The van der Waals surface area contributed by atoms with Crippen LogP contribution >= 0.6 is 22.9 Å². The maximum Gasteiger partial charge on any atom is 0.275 e. The first-order chi connectivity index (χ1) is 16.5. The number of β-amino-alcohol motifs (C(OH)–C–C–N with tert-alkyl or cyclic N) is 1. The number of aromatic nitrogens is 2. The van der Waals surface area contributed by atoms with Gasteiger partial charge >= 0.3 is 0 Å². The molecule has 1 atom stereocenters. The third-order valence-corrected chi connectivity index (χ3v) is 7.32. The predicted molar refractivity (Wildman–Crippen MR) is 135 cm³/mol. The van der Waals surface area contributed by atoms with Crippen LogP contribution in [-0.2, 0) is 0 Å². The van der Waals surface area contributed by atoms with Crippen molar-refractivity contribution in [3.05, 3.63) is 70.2 Å². The van der Waals surface area contributed by atoms with Crippen molar-refractivity contribution in [1.82, 2.24) is 14.5 Å². The maximum absolute atomic E-state index is 13.3. The number of hydrogen-bond donors (Lipinski definition) is 1. The zero-order valence-corrected chi connectivity index (χ0v) is 20.2. The molecule has 0 bridgehead atoms. The molecule has 1 aliphatic rings. The summed E-state index contributed by atoms with van der Waals surface area (Å²) in [5, 5.41) is 10.3.